The highest BCUT2D eigenvalue weighted by molar-refractivity contribution is 5.86. The minimum Gasteiger partial charge on any atom is -0.364 e. The summed E-state index contributed by atoms with van der Waals surface area (Å²) in [6.07, 6.45) is 1.89. The van der Waals surface area contributed by atoms with Crippen molar-refractivity contribution in [3.05, 3.63) is 60.4 Å². The summed E-state index contributed by atoms with van der Waals surface area (Å²) >= 11 is 0. The van der Waals surface area contributed by atoms with Gasteiger partial charge in [0.1, 0.15) is 6.17 Å². The number of para-hydroxylation sites is 1. The smallest absolute Gasteiger partial charge is 0.117 e. The van der Waals surface area contributed by atoms with Gasteiger partial charge in [-0.1, -0.05) is 24.3 Å². The SMILES string of the molecule is N[C@H]1Nc2ccccc2-c2cc3ccccn3c21. The number of hydrogen-bond donors (Lipinski definition) is 2. The Bertz CT molecular complexity index is 742. The van der Waals surface area contributed by atoms with Gasteiger partial charge >= 0.3 is 0 Å². The maximum Gasteiger partial charge on any atom is 0.117 e. The van der Waals surface area contributed by atoms with Crippen molar-refractivity contribution in [1.29, 1.82) is 0 Å². The maximum absolute atomic E-state index is 6.24. The summed E-state index contributed by atoms with van der Waals surface area (Å²) in [6, 6.07) is 16.7. The molecule has 0 unspecified atom stereocenters. The van der Waals surface area contributed by atoms with Gasteiger partial charge in [-0.2, -0.15) is 0 Å². The average molecular weight is 235 g/mol. The van der Waals surface area contributed by atoms with Crippen molar-refractivity contribution in [2.45, 2.75) is 6.17 Å². The lowest BCUT2D eigenvalue weighted by molar-refractivity contribution is 0.780. The Labute approximate surface area is 105 Å². The molecule has 0 saturated heterocycles. The molecule has 0 aliphatic carbocycles. The Morgan fingerprint density at radius 3 is 2.78 bits per heavy atom. The molecule has 1 aromatic carbocycles. The molecule has 0 saturated carbocycles. The van der Waals surface area contributed by atoms with E-state index in [0.717, 1.165) is 11.4 Å². The van der Waals surface area contributed by atoms with Crippen LogP contribution in [0, 0.1) is 0 Å². The van der Waals surface area contributed by atoms with E-state index in [1.807, 2.05) is 18.2 Å². The molecule has 3 heterocycles. The average Bonchev–Trinajstić information content (AvgIpc) is 2.79. The van der Waals surface area contributed by atoms with Crippen molar-refractivity contribution in [2.75, 3.05) is 5.32 Å². The molecule has 0 spiro atoms. The molecule has 0 bridgehead atoms. The van der Waals surface area contributed by atoms with Crippen molar-refractivity contribution in [2.24, 2.45) is 5.73 Å². The Balaban J connectivity index is 2.12. The van der Waals surface area contributed by atoms with Crippen molar-refractivity contribution in [1.82, 2.24) is 4.40 Å². The van der Waals surface area contributed by atoms with E-state index >= 15 is 0 Å². The van der Waals surface area contributed by atoms with Crippen molar-refractivity contribution >= 4 is 11.2 Å². The number of nitrogens with zero attached hydrogens (tertiary/aromatic N) is 1. The Morgan fingerprint density at radius 2 is 1.83 bits per heavy atom. The van der Waals surface area contributed by atoms with E-state index < -0.39 is 0 Å². The standard InChI is InChI=1S/C15H13N3/c16-15-14-12(9-10-5-3-4-8-18(10)14)11-6-1-2-7-13(11)17-15/h1-9,15,17H,16H2/t15-/m0/s1. The molecule has 1 aliphatic rings. The lowest BCUT2D eigenvalue weighted by atomic mass is 9.99. The highest BCUT2D eigenvalue weighted by Crippen LogP contribution is 2.40. The third-order valence-electron chi connectivity index (χ3n) is 3.54. The Hall–Kier alpha value is -2.26. The van der Waals surface area contributed by atoms with Crippen LogP contribution in [0.5, 0.6) is 0 Å². The molecular formula is C15H13N3. The lowest BCUT2D eigenvalue weighted by Crippen LogP contribution is -2.25. The molecule has 0 fully saturated rings. The summed E-state index contributed by atoms with van der Waals surface area (Å²) in [5.74, 6) is 0. The molecule has 1 atom stereocenters. The fourth-order valence-corrected chi connectivity index (χ4v) is 2.76. The molecule has 3 heteroatoms. The lowest BCUT2D eigenvalue weighted by Gasteiger charge is -2.25. The minimum atomic E-state index is -0.167. The van der Waals surface area contributed by atoms with Gasteiger partial charge in [0.05, 0.1) is 5.69 Å². The van der Waals surface area contributed by atoms with Gasteiger partial charge in [0.15, 0.2) is 0 Å². The van der Waals surface area contributed by atoms with Gasteiger partial charge in [-0.15, -0.1) is 0 Å². The first-order valence-electron chi connectivity index (χ1n) is 6.06. The second-order valence-corrected chi connectivity index (χ2v) is 4.61. The van der Waals surface area contributed by atoms with E-state index in [-0.39, 0.29) is 6.17 Å². The monoisotopic (exact) mass is 235 g/mol. The van der Waals surface area contributed by atoms with E-state index in [2.05, 4.69) is 46.2 Å². The van der Waals surface area contributed by atoms with E-state index in [4.69, 9.17) is 5.73 Å². The molecule has 2 aromatic heterocycles. The molecule has 3 aromatic rings. The van der Waals surface area contributed by atoms with Gasteiger partial charge in [0, 0.05) is 28.5 Å². The number of rotatable bonds is 0. The predicted molar refractivity (Wildman–Crippen MR) is 73.4 cm³/mol. The third kappa shape index (κ3) is 1.17. The predicted octanol–water partition coefficient (Wildman–Crippen LogP) is 2.99. The summed E-state index contributed by atoms with van der Waals surface area (Å²) in [6.45, 7) is 0. The third-order valence-corrected chi connectivity index (χ3v) is 3.54. The number of nitrogens with one attached hydrogen (secondary N) is 1. The first-order chi connectivity index (χ1) is 8.84. The van der Waals surface area contributed by atoms with Crippen molar-refractivity contribution < 1.29 is 0 Å². The number of aromatic nitrogens is 1. The zero-order chi connectivity index (χ0) is 12.1. The second-order valence-electron chi connectivity index (χ2n) is 4.61. The zero-order valence-corrected chi connectivity index (χ0v) is 9.80. The molecule has 1 aliphatic heterocycles. The quantitative estimate of drug-likeness (QED) is 0.629. The largest absolute Gasteiger partial charge is 0.364 e. The summed E-state index contributed by atoms with van der Waals surface area (Å²) < 4.78 is 2.16. The fourth-order valence-electron chi connectivity index (χ4n) is 2.76. The highest BCUT2D eigenvalue weighted by Gasteiger charge is 2.24. The Morgan fingerprint density at radius 1 is 1.00 bits per heavy atom. The van der Waals surface area contributed by atoms with E-state index in [1.165, 1.54) is 16.6 Å². The van der Waals surface area contributed by atoms with Gasteiger partial charge in [0.25, 0.3) is 0 Å². The van der Waals surface area contributed by atoms with Crippen LogP contribution < -0.4 is 11.1 Å². The van der Waals surface area contributed by atoms with Crippen LogP contribution in [0.15, 0.2) is 54.7 Å². The van der Waals surface area contributed by atoms with E-state index in [9.17, 15) is 0 Å². The minimum absolute atomic E-state index is 0.167. The molecule has 0 amide bonds. The molecule has 4 rings (SSSR count). The molecule has 88 valence electrons. The molecule has 0 radical (unpaired) electrons. The van der Waals surface area contributed by atoms with E-state index in [1.54, 1.807) is 0 Å². The normalized spacial score (nSPS) is 17.1. The molecule has 3 N–H and O–H groups in total. The van der Waals surface area contributed by atoms with Crippen LogP contribution in [-0.4, -0.2) is 4.40 Å². The van der Waals surface area contributed by atoms with Gasteiger partial charge in [-0.25, -0.2) is 0 Å². The van der Waals surface area contributed by atoms with Crippen LogP contribution in [0.2, 0.25) is 0 Å². The van der Waals surface area contributed by atoms with Gasteiger partial charge < -0.3 is 15.5 Å². The van der Waals surface area contributed by atoms with E-state index in [0.29, 0.717) is 0 Å². The molecule has 3 nitrogen and oxygen atoms in total. The van der Waals surface area contributed by atoms with Crippen LogP contribution >= 0.6 is 0 Å². The first kappa shape index (κ1) is 9.74. The van der Waals surface area contributed by atoms with Gasteiger partial charge in [-0.05, 0) is 24.3 Å². The van der Waals surface area contributed by atoms with Crippen molar-refractivity contribution in [3.8, 4) is 11.1 Å². The van der Waals surface area contributed by atoms with Gasteiger partial charge in [0.2, 0.25) is 0 Å². The Kier molecular flexibility index (Phi) is 1.82. The summed E-state index contributed by atoms with van der Waals surface area (Å²) in [7, 11) is 0. The number of pyridine rings is 1. The van der Waals surface area contributed by atoms with Gasteiger partial charge in [-0.3, -0.25) is 0 Å². The maximum atomic E-state index is 6.24. The number of anilines is 1. The summed E-state index contributed by atoms with van der Waals surface area (Å²) in [5, 5.41) is 3.35. The highest BCUT2D eigenvalue weighted by atomic mass is 15.1. The topological polar surface area (TPSA) is 42.5 Å². The number of fused-ring (bicyclic) bond motifs is 5. The number of nitrogens with two attached hydrogens (primary N) is 1. The zero-order valence-electron chi connectivity index (χ0n) is 9.80. The fraction of sp³-hybridized carbons (Fsp3) is 0.0667. The van der Waals surface area contributed by atoms with Crippen LogP contribution in [0.4, 0.5) is 5.69 Å². The second kappa shape index (κ2) is 3.37. The van der Waals surface area contributed by atoms with Crippen LogP contribution in [0.1, 0.15) is 11.9 Å². The summed E-state index contributed by atoms with van der Waals surface area (Å²) in [4.78, 5) is 0. The van der Waals surface area contributed by atoms with Crippen LogP contribution in [-0.2, 0) is 0 Å². The summed E-state index contributed by atoms with van der Waals surface area (Å²) in [5.41, 5.74) is 12.1. The first-order valence-corrected chi connectivity index (χ1v) is 6.06. The molecular weight excluding hydrogens is 222 g/mol. The molecule has 18 heavy (non-hydrogen) atoms. The van der Waals surface area contributed by atoms with Crippen molar-refractivity contribution in [3.63, 3.8) is 0 Å². The number of benzene rings is 1. The van der Waals surface area contributed by atoms with Crippen LogP contribution in [0.25, 0.3) is 16.6 Å². The number of hydrogen-bond acceptors (Lipinski definition) is 2. The van der Waals surface area contributed by atoms with Crippen LogP contribution in [0.3, 0.4) is 0 Å².